The molecule has 4 nitrogen and oxygen atoms in total. The fourth-order valence-electron chi connectivity index (χ4n) is 1.23. The maximum Gasteiger partial charge on any atom is 0.249 e. The second-order valence-electron chi connectivity index (χ2n) is 3.26. The smallest absolute Gasteiger partial charge is 0.249 e. The monoisotopic (exact) mass is 232 g/mol. The van der Waals surface area contributed by atoms with E-state index < -0.39 is 0 Å². The first-order chi connectivity index (χ1) is 8.24. The van der Waals surface area contributed by atoms with E-state index in [0.717, 1.165) is 0 Å². The van der Waals surface area contributed by atoms with Crippen molar-refractivity contribution < 1.29 is 13.7 Å². The van der Waals surface area contributed by atoms with Crippen LogP contribution >= 0.6 is 0 Å². The molecule has 2 aromatic rings. The molecule has 1 N–H and O–H groups in total. The molecule has 0 spiro atoms. The maximum atomic E-state index is 12.8. The molecule has 0 bridgehead atoms. The molecule has 1 aromatic carbocycles. The number of carbonyl (C=O) groups excluding carboxylic acids is 1. The Morgan fingerprint density at radius 2 is 2.29 bits per heavy atom. The predicted octanol–water partition coefficient (Wildman–Crippen LogP) is 2.47. The maximum absolute atomic E-state index is 12.8. The molecule has 5 heteroatoms. The molecule has 0 aliphatic heterocycles. The topological polar surface area (TPSA) is 55.1 Å². The lowest BCUT2D eigenvalue weighted by Gasteiger charge is -1.95. The summed E-state index contributed by atoms with van der Waals surface area (Å²) in [5.74, 6) is -0.369. The predicted molar refractivity (Wildman–Crippen MR) is 60.6 cm³/mol. The minimum absolute atomic E-state index is 0.332. The molecule has 0 aliphatic carbocycles. The molecule has 0 fully saturated rings. The summed E-state index contributed by atoms with van der Waals surface area (Å²) in [6, 6.07) is 7.47. The highest BCUT2D eigenvalue weighted by molar-refractivity contribution is 6.01. The molecule has 0 saturated carbocycles. The standard InChI is InChI=1S/C12H9FN2O2/c13-10-3-1-2-9(8-10)4-5-12(16)14-11-6-7-17-15-11/h1-8H,(H,14,15,16)/b5-4+. The average molecular weight is 232 g/mol. The first-order valence-electron chi connectivity index (χ1n) is 4.89. The Balaban J connectivity index is 1.99. The Morgan fingerprint density at radius 3 is 3.00 bits per heavy atom. The molecular formula is C12H9FN2O2. The number of amides is 1. The van der Waals surface area contributed by atoms with Gasteiger partial charge in [0.2, 0.25) is 5.91 Å². The van der Waals surface area contributed by atoms with Crippen molar-refractivity contribution in [3.05, 3.63) is 54.1 Å². The molecule has 0 atom stereocenters. The fourth-order valence-corrected chi connectivity index (χ4v) is 1.23. The zero-order chi connectivity index (χ0) is 12.1. The Morgan fingerprint density at radius 1 is 1.41 bits per heavy atom. The highest BCUT2D eigenvalue weighted by Crippen LogP contribution is 2.06. The molecule has 0 saturated heterocycles. The van der Waals surface area contributed by atoms with Gasteiger partial charge in [-0.2, -0.15) is 0 Å². The van der Waals surface area contributed by atoms with Gasteiger partial charge in [-0.05, 0) is 23.8 Å². The first kappa shape index (κ1) is 11.1. The number of nitrogens with zero attached hydrogens (tertiary/aromatic N) is 1. The SMILES string of the molecule is O=C(/C=C/c1cccc(F)c1)Nc1ccon1. The number of anilines is 1. The van der Waals surface area contributed by atoms with E-state index >= 15 is 0 Å². The van der Waals surface area contributed by atoms with Crippen LogP contribution in [0.4, 0.5) is 10.2 Å². The molecule has 0 unspecified atom stereocenters. The first-order valence-corrected chi connectivity index (χ1v) is 4.89. The Labute approximate surface area is 96.7 Å². The van der Waals surface area contributed by atoms with Crippen molar-refractivity contribution in [2.24, 2.45) is 0 Å². The summed E-state index contributed by atoms with van der Waals surface area (Å²) in [6.07, 6.45) is 4.16. The average Bonchev–Trinajstić information content (AvgIpc) is 2.79. The van der Waals surface area contributed by atoms with E-state index in [-0.39, 0.29) is 11.7 Å². The van der Waals surface area contributed by atoms with Gasteiger partial charge >= 0.3 is 0 Å². The summed E-state index contributed by atoms with van der Waals surface area (Å²) in [6.45, 7) is 0. The highest BCUT2D eigenvalue weighted by Gasteiger charge is 1.99. The van der Waals surface area contributed by atoms with Gasteiger partial charge in [-0.1, -0.05) is 17.3 Å². The zero-order valence-electron chi connectivity index (χ0n) is 8.76. The summed E-state index contributed by atoms with van der Waals surface area (Å²) >= 11 is 0. The van der Waals surface area contributed by atoms with Crippen LogP contribution in [0.1, 0.15) is 5.56 Å². The normalized spacial score (nSPS) is 10.6. The molecule has 17 heavy (non-hydrogen) atoms. The van der Waals surface area contributed by atoms with Gasteiger partial charge in [0.05, 0.1) is 0 Å². The van der Waals surface area contributed by atoms with E-state index in [4.69, 9.17) is 0 Å². The van der Waals surface area contributed by atoms with E-state index in [9.17, 15) is 9.18 Å². The molecule has 86 valence electrons. The quantitative estimate of drug-likeness (QED) is 0.827. The van der Waals surface area contributed by atoms with Crippen LogP contribution in [-0.2, 0) is 4.79 Å². The third kappa shape index (κ3) is 3.27. The summed E-state index contributed by atoms with van der Waals surface area (Å²) in [5.41, 5.74) is 0.611. The van der Waals surface area contributed by atoms with Gasteiger partial charge in [0.25, 0.3) is 0 Å². The Bertz CT molecular complexity index is 535. The number of carbonyl (C=O) groups is 1. The van der Waals surface area contributed by atoms with E-state index in [1.807, 2.05) is 0 Å². The highest BCUT2D eigenvalue weighted by atomic mass is 19.1. The molecule has 2 rings (SSSR count). The number of halogens is 1. The van der Waals surface area contributed by atoms with E-state index in [2.05, 4.69) is 15.0 Å². The van der Waals surface area contributed by atoms with Crippen LogP contribution in [0.5, 0.6) is 0 Å². The third-order valence-corrected chi connectivity index (χ3v) is 1.96. The molecule has 1 aromatic heterocycles. The van der Waals surface area contributed by atoms with Crippen molar-refractivity contribution in [1.29, 1.82) is 0 Å². The van der Waals surface area contributed by atoms with E-state index in [1.165, 1.54) is 36.6 Å². The largest absolute Gasteiger partial charge is 0.363 e. The Kier molecular flexibility index (Phi) is 3.30. The van der Waals surface area contributed by atoms with Crippen molar-refractivity contribution in [2.75, 3.05) is 5.32 Å². The van der Waals surface area contributed by atoms with E-state index in [1.54, 1.807) is 12.1 Å². The third-order valence-electron chi connectivity index (χ3n) is 1.96. The molecule has 0 aliphatic rings. The van der Waals surface area contributed by atoms with Crippen molar-refractivity contribution in [1.82, 2.24) is 5.16 Å². The number of hydrogen-bond acceptors (Lipinski definition) is 3. The fraction of sp³-hybridized carbons (Fsp3) is 0. The zero-order valence-corrected chi connectivity index (χ0v) is 8.76. The molecule has 1 amide bonds. The van der Waals surface area contributed by atoms with Gasteiger partial charge in [-0.25, -0.2) is 4.39 Å². The minimum atomic E-state index is -0.358. The Hall–Kier alpha value is -2.43. The summed E-state index contributed by atoms with van der Waals surface area (Å²) in [4.78, 5) is 11.4. The number of rotatable bonds is 3. The van der Waals surface area contributed by atoms with Gasteiger partial charge in [0.15, 0.2) is 5.82 Å². The van der Waals surface area contributed by atoms with Crippen LogP contribution in [0.3, 0.4) is 0 Å². The second kappa shape index (κ2) is 5.07. The summed E-state index contributed by atoms with van der Waals surface area (Å²) in [5, 5.41) is 6.01. The van der Waals surface area contributed by atoms with Gasteiger partial charge in [-0.3, -0.25) is 4.79 Å². The number of benzene rings is 1. The van der Waals surface area contributed by atoms with Crippen molar-refractivity contribution >= 4 is 17.8 Å². The summed E-state index contributed by atoms with van der Waals surface area (Å²) in [7, 11) is 0. The van der Waals surface area contributed by atoms with Gasteiger partial charge in [-0.15, -0.1) is 0 Å². The van der Waals surface area contributed by atoms with E-state index in [0.29, 0.717) is 11.4 Å². The lowest BCUT2D eigenvalue weighted by molar-refractivity contribution is -0.111. The van der Waals surface area contributed by atoms with Crippen molar-refractivity contribution in [3.8, 4) is 0 Å². The second-order valence-corrected chi connectivity index (χ2v) is 3.26. The van der Waals surface area contributed by atoms with Crippen LogP contribution < -0.4 is 5.32 Å². The summed E-state index contributed by atoms with van der Waals surface area (Å²) < 4.78 is 17.4. The van der Waals surface area contributed by atoms with Gasteiger partial charge in [0.1, 0.15) is 12.1 Å². The van der Waals surface area contributed by atoms with Gasteiger partial charge in [0, 0.05) is 12.1 Å². The molecule has 0 radical (unpaired) electrons. The molecular weight excluding hydrogens is 223 g/mol. The lowest BCUT2D eigenvalue weighted by atomic mass is 10.2. The van der Waals surface area contributed by atoms with Crippen LogP contribution in [-0.4, -0.2) is 11.1 Å². The number of nitrogens with one attached hydrogen (secondary N) is 1. The van der Waals surface area contributed by atoms with Crippen LogP contribution in [0, 0.1) is 5.82 Å². The molecule has 1 heterocycles. The number of hydrogen-bond donors (Lipinski definition) is 1. The lowest BCUT2D eigenvalue weighted by Crippen LogP contribution is -2.07. The van der Waals surface area contributed by atoms with Crippen molar-refractivity contribution in [3.63, 3.8) is 0 Å². The van der Waals surface area contributed by atoms with Crippen LogP contribution in [0.2, 0.25) is 0 Å². The van der Waals surface area contributed by atoms with Gasteiger partial charge < -0.3 is 9.84 Å². The number of aromatic nitrogens is 1. The van der Waals surface area contributed by atoms with Crippen LogP contribution in [0.15, 0.2) is 47.2 Å². The van der Waals surface area contributed by atoms with Crippen LogP contribution in [0.25, 0.3) is 6.08 Å². The minimum Gasteiger partial charge on any atom is -0.363 e. The van der Waals surface area contributed by atoms with Crippen molar-refractivity contribution in [2.45, 2.75) is 0 Å².